The molecule has 4 nitrogen and oxygen atoms in total. The molecule has 2 N–H and O–H groups in total. The van der Waals surface area contributed by atoms with Gasteiger partial charge in [0.1, 0.15) is 0 Å². The topological polar surface area (TPSA) is 52.6 Å². The monoisotopic (exact) mass is 290 g/mol. The molecule has 1 fully saturated rings. The van der Waals surface area contributed by atoms with Gasteiger partial charge >= 0.3 is 0 Å². The number of hydrogen-bond acceptors (Lipinski definition) is 3. The Labute approximate surface area is 127 Å². The number of piperidine rings is 1. The first-order valence-corrected chi connectivity index (χ1v) is 7.93. The molecule has 0 aliphatic carbocycles. The van der Waals surface area contributed by atoms with Crippen molar-refractivity contribution in [2.45, 2.75) is 39.2 Å². The van der Waals surface area contributed by atoms with Gasteiger partial charge in [0, 0.05) is 25.3 Å². The average Bonchev–Trinajstić information content (AvgIpc) is 2.52. The van der Waals surface area contributed by atoms with E-state index in [1.165, 1.54) is 0 Å². The Balaban J connectivity index is 2.04. The van der Waals surface area contributed by atoms with Crippen molar-refractivity contribution in [1.82, 2.24) is 4.90 Å². The van der Waals surface area contributed by atoms with Crippen LogP contribution in [0, 0.1) is 5.92 Å². The number of benzene rings is 1. The molecule has 4 heteroatoms. The van der Waals surface area contributed by atoms with Gasteiger partial charge in [0.25, 0.3) is 5.91 Å². The number of hydrogen-bond donors (Lipinski definition) is 2. The number of nitrogens with zero attached hydrogens (tertiary/aromatic N) is 1. The molecule has 0 spiro atoms. The Hall–Kier alpha value is -1.55. The molecular weight excluding hydrogens is 264 g/mol. The van der Waals surface area contributed by atoms with Crippen molar-refractivity contribution in [3.8, 4) is 0 Å². The lowest BCUT2D eigenvalue weighted by atomic mass is 9.92. The molecule has 1 aliphatic rings. The summed E-state index contributed by atoms with van der Waals surface area (Å²) in [5.74, 6) is 0.417. The van der Waals surface area contributed by atoms with Gasteiger partial charge in [-0.05, 0) is 44.2 Å². The number of likely N-dealkylation sites (tertiary alicyclic amines) is 1. The largest absolute Gasteiger partial charge is 0.393 e. The maximum Gasteiger partial charge on any atom is 0.255 e. The van der Waals surface area contributed by atoms with E-state index < -0.39 is 0 Å². The summed E-state index contributed by atoms with van der Waals surface area (Å²) < 4.78 is 0. The first-order valence-electron chi connectivity index (χ1n) is 7.93. The lowest BCUT2D eigenvalue weighted by molar-refractivity contribution is 0.0522. The quantitative estimate of drug-likeness (QED) is 0.876. The highest BCUT2D eigenvalue weighted by atomic mass is 16.3. The van der Waals surface area contributed by atoms with E-state index in [4.69, 9.17) is 0 Å². The normalized spacial score (nSPS) is 17.6. The Morgan fingerprint density at radius 3 is 2.67 bits per heavy atom. The van der Waals surface area contributed by atoms with Gasteiger partial charge in [-0.25, -0.2) is 0 Å². The first-order chi connectivity index (χ1) is 10.1. The van der Waals surface area contributed by atoms with E-state index in [2.05, 4.69) is 12.2 Å². The van der Waals surface area contributed by atoms with Gasteiger partial charge in [-0.3, -0.25) is 4.79 Å². The third kappa shape index (κ3) is 3.97. The zero-order valence-electron chi connectivity index (χ0n) is 13.0. The van der Waals surface area contributed by atoms with Crippen LogP contribution in [0.3, 0.4) is 0 Å². The number of aliphatic hydroxyl groups is 1. The van der Waals surface area contributed by atoms with Crippen LogP contribution in [0.5, 0.6) is 0 Å². The number of anilines is 1. The highest BCUT2D eigenvalue weighted by Gasteiger charge is 2.26. The van der Waals surface area contributed by atoms with Crippen LogP contribution in [-0.4, -0.2) is 41.7 Å². The van der Waals surface area contributed by atoms with Gasteiger partial charge in [0.05, 0.1) is 11.7 Å². The van der Waals surface area contributed by atoms with Crippen LogP contribution in [-0.2, 0) is 0 Å². The molecule has 1 aromatic rings. The summed E-state index contributed by atoms with van der Waals surface area (Å²) in [6.45, 7) is 6.28. The van der Waals surface area contributed by atoms with Crippen LogP contribution in [0.4, 0.5) is 5.69 Å². The van der Waals surface area contributed by atoms with Crippen molar-refractivity contribution in [2.24, 2.45) is 5.92 Å². The van der Waals surface area contributed by atoms with Crippen molar-refractivity contribution >= 4 is 11.6 Å². The van der Waals surface area contributed by atoms with Crippen LogP contribution in [0.25, 0.3) is 0 Å². The van der Waals surface area contributed by atoms with Gasteiger partial charge in [-0.1, -0.05) is 19.1 Å². The molecule has 0 saturated carbocycles. The summed E-state index contributed by atoms with van der Waals surface area (Å²) in [4.78, 5) is 14.6. The number of amides is 1. The van der Waals surface area contributed by atoms with Gasteiger partial charge in [0.2, 0.25) is 0 Å². The summed E-state index contributed by atoms with van der Waals surface area (Å²) in [6.07, 6.45) is 2.52. The number of carbonyl (C=O) groups excluding carboxylic acids is 1. The molecule has 1 amide bonds. The fraction of sp³-hybridized carbons (Fsp3) is 0.588. The molecule has 116 valence electrons. The van der Waals surface area contributed by atoms with E-state index in [1.807, 2.05) is 36.1 Å². The van der Waals surface area contributed by atoms with Crippen molar-refractivity contribution in [1.29, 1.82) is 0 Å². The molecular formula is C17H26N2O2. The fourth-order valence-corrected chi connectivity index (χ4v) is 2.84. The zero-order valence-corrected chi connectivity index (χ0v) is 13.0. The maximum absolute atomic E-state index is 12.7. The van der Waals surface area contributed by atoms with Crippen LogP contribution in [0.15, 0.2) is 24.3 Å². The zero-order chi connectivity index (χ0) is 15.2. The van der Waals surface area contributed by atoms with Crippen molar-refractivity contribution in [2.75, 3.05) is 25.0 Å². The molecule has 0 aromatic heterocycles. The van der Waals surface area contributed by atoms with Crippen LogP contribution < -0.4 is 5.32 Å². The highest BCUT2D eigenvalue weighted by molar-refractivity contribution is 5.99. The molecule has 1 saturated heterocycles. The van der Waals surface area contributed by atoms with Crippen molar-refractivity contribution in [3.05, 3.63) is 29.8 Å². The molecule has 0 radical (unpaired) electrons. The Bertz CT molecular complexity index is 466. The van der Waals surface area contributed by atoms with Crippen LogP contribution >= 0.6 is 0 Å². The number of nitrogens with one attached hydrogen (secondary N) is 1. The summed E-state index contributed by atoms with van der Waals surface area (Å²) in [6, 6.07) is 7.72. The molecule has 1 aromatic carbocycles. The molecule has 1 heterocycles. The van der Waals surface area contributed by atoms with Crippen LogP contribution in [0.2, 0.25) is 0 Å². The second-order valence-electron chi connectivity index (χ2n) is 5.84. The summed E-state index contributed by atoms with van der Waals surface area (Å²) >= 11 is 0. The minimum Gasteiger partial charge on any atom is -0.393 e. The average molecular weight is 290 g/mol. The maximum atomic E-state index is 12.7. The van der Waals surface area contributed by atoms with E-state index in [0.717, 1.165) is 50.1 Å². The minimum absolute atomic E-state index is 0.0956. The number of carbonyl (C=O) groups is 1. The van der Waals surface area contributed by atoms with Crippen molar-refractivity contribution in [3.63, 3.8) is 0 Å². The van der Waals surface area contributed by atoms with Gasteiger partial charge in [-0.15, -0.1) is 0 Å². The van der Waals surface area contributed by atoms with Gasteiger partial charge < -0.3 is 15.3 Å². The first kappa shape index (κ1) is 15.8. The third-order valence-electron chi connectivity index (χ3n) is 4.23. The molecule has 0 bridgehead atoms. The summed E-state index contributed by atoms with van der Waals surface area (Å²) in [5.41, 5.74) is 1.67. The molecule has 1 unspecified atom stereocenters. The van der Waals surface area contributed by atoms with E-state index in [9.17, 15) is 9.90 Å². The lowest BCUT2D eigenvalue weighted by Gasteiger charge is -2.33. The summed E-state index contributed by atoms with van der Waals surface area (Å²) in [7, 11) is 0. The van der Waals surface area contributed by atoms with E-state index in [0.29, 0.717) is 5.92 Å². The molecule has 21 heavy (non-hydrogen) atoms. The molecule has 1 atom stereocenters. The Kier molecular flexibility index (Phi) is 5.62. The van der Waals surface area contributed by atoms with E-state index in [-0.39, 0.29) is 12.0 Å². The predicted molar refractivity (Wildman–Crippen MR) is 85.5 cm³/mol. The Morgan fingerprint density at radius 2 is 2.05 bits per heavy atom. The standard InChI is InChI=1S/C17H26N2O2/c1-3-10-18-16-7-5-4-6-15(16)17(21)19-11-8-14(9-12-19)13(2)20/h4-7,13-14,18,20H,3,8-12H2,1-2H3. The van der Waals surface area contributed by atoms with E-state index in [1.54, 1.807) is 0 Å². The van der Waals surface area contributed by atoms with Gasteiger partial charge in [-0.2, -0.15) is 0 Å². The lowest BCUT2D eigenvalue weighted by Crippen LogP contribution is -2.41. The molecule has 1 aliphatic heterocycles. The molecule has 2 rings (SSSR count). The Morgan fingerprint density at radius 1 is 1.38 bits per heavy atom. The number of para-hydroxylation sites is 1. The second-order valence-corrected chi connectivity index (χ2v) is 5.84. The SMILES string of the molecule is CCCNc1ccccc1C(=O)N1CCC(C(C)O)CC1. The van der Waals surface area contributed by atoms with Gasteiger partial charge in [0.15, 0.2) is 0 Å². The smallest absolute Gasteiger partial charge is 0.255 e. The second kappa shape index (κ2) is 7.46. The fourth-order valence-electron chi connectivity index (χ4n) is 2.84. The van der Waals surface area contributed by atoms with Crippen molar-refractivity contribution < 1.29 is 9.90 Å². The third-order valence-corrected chi connectivity index (χ3v) is 4.23. The predicted octanol–water partition coefficient (Wildman–Crippen LogP) is 2.74. The van der Waals surface area contributed by atoms with E-state index >= 15 is 0 Å². The highest BCUT2D eigenvalue weighted by Crippen LogP contribution is 2.24. The van der Waals surface area contributed by atoms with Crippen LogP contribution in [0.1, 0.15) is 43.5 Å². The number of aliphatic hydroxyl groups excluding tert-OH is 1. The number of rotatable bonds is 5. The minimum atomic E-state index is -0.277. The summed E-state index contributed by atoms with van der Waals surface area (Å²) in [5, 5.41) is 13.0.